The van der Waals surface area contributed by atoms with E-state index in [4.69, 9.17) is 0 Å². The quantitative estimate of drug-likeness (QED) is 0.464. The monoisotopic (exact) mass is 324 g/mol. The summed E-state index contributed by atoms with van der Waals surface area (Å²) in [5, 5.41) is 4.48. The molecular formula is C23H20N2. The van der Waals surface area contributed by atoms with Crippen LogP contribution in [0.1, 0.15) is 11.1 Å². The minimum absolute atomic E-state index is 1.07. The van der Waals surface area contributed by atoms with Gasteiger partial charge in [0.25, 0.3) is 0 Å². The summed E-state index contributed by atoms with van der Waals surface area (Å²) in [6.07, 6.45) is 3.99. The Bertz CT molecular complexity index is 976. The van der Waals surface area contributed by atoms with Crippen LogP contribution in [-0.2, 0) is 0 Å². The van der Waals surface area contributed by atoms with Crippen molar-refractivity contribution in [1.82, 2.24) is 9.78 Å². The SMILES string of the molecule is Cc1cc(C)cc(-c2ccc(-c3cnn(-c4ccccc4)c3)cc2)c1. The number of aryl methyl sites for hydroxylation is 2. The van der Waals surface area contributed by atoms with Gasteiger partial charge in [0.1, 0.15) is 0 Å². The second kappa shape index (κ2) is 6.40. The maximum atomic E-state index is 4.48. The molecule has 0 fully saturated rings. The Balaban J connectivity index is 1.63. The molecule has 2 nitrogen and oxygen atoms in total. The standard InChI is InChI=1S/C23H20N2/c1-17-12-18(2)14-21(13-17)19-8-10-20(11-9-19)22-15-24-25(16-22)23-6-4-3-5-7-23/h3-16H,1-2H3. The topological polar surface area (TPSA) is 17.8 Å². The van der Waals surface area contributed by atoms with Crippen LogP contribution < -0.4 is 0 Å². The van der Waals surface area contributed by atoms with Gasteiger partial charge in [0.2, 0.25) is 0 Å². The van der Waals surface area contributed by atoms with E-state index in [0.29, 0.717) is 0 Å². The van der Waals surface area contributed by atoms with E-state index < -0.39 is 0 Å². The first-order valence-corrected chi connectivity index (χ1v) is 8.48. The second-order valence-corrected chi connectivity index (χ2v) is 6.46. The lowest BCUT2D eigenvalue weighted by Crippen LogP contribution is -1.92. The van der Waals surface area contributed by atoms with Crippen molar-refractivity contribution in [2.24, 2.45) is 0 Å². The van der Waals surface area contributed by atoms with Gasteiger partial charge in [-0.1, -0.05) is 71.8 Å². The molecule has 2 heteroatoms. The minimum Gasteiger partial charge on any atom is -0.240 e. The summed E-state index contributed by atoms with van der Waals surface area (Å²) in [4.78, 5) is 0. The maximum absolute atomic E-state index is 4.48. The Kier molecular flexibility index (Phi) is 3.95. The van der Waals surface area contributed by atoms with Gasteiger partial charge in [0, 0.05) is 11.8 Å². The molecule has 3 aromatic carbocycles. The first-order chi connectivity index (χ1) is 12.2. The predicted molar refractivity (Wildman–Crippen MR) is 104 cm³/mol. The molecule has 0 radical (unpaired) electrons. The Morgan fingerprint density at radius 1 is 0.640 bits per heavy atom. The van der Waals surface area contributed by atoms with Crippen LogP contribution in [0.25, 0.3) is 27.9 Å². The van der Waals surface area contributed by atoms with E-state index in [1.807, 2.05) is 29.1 Å². The second-order valence-electron chi connectivity index (χ2n) is 6.46. The molecule has 0 spiro atoms. The van der Waals surface area contributed by atoms with Crippen molar-refractivity contribution in [3.8, 4) is 27.9 Å². The number of nitrogens with zero attached hydrogens (tertiary/aromatic N) is 2. The van der Waals surface area contributed by atoms with Crippen molar-refractivity contribution in [2.75, 3.05) is 0 Å². The zero-order valence-corrected chi connectivity index (χ0v) is 14.5. The van der Waals surface area contributed by atoms with Crippen LogP contribution in [0.2, 0.25) is 0 Å². The molecule has 4 aromatic rings. The molecule has 0 saturated carbocycles. The van der Waals surface area contributed by atoms with Crippen molar-refractivity contribution < 1.29 is 0 Å². The van der Waals surface area contributed by atoms with Gasteiger partial charge in [0.05, 0.1) is 11.9 Å². The third-order valence-electron chi connectivity index (χ3n) is 4.38. The summed E-state index contributed by atoms with van der Waals surface area (Å²) in [6, 6.07) is 25.5. The van der Waals surface area contributed by atoms with Crippen LogP contribution in [0, 0.1) is 13.8 Å². The highest BCUT2D eigenvalue weighted by molar-refractivity contribution is 5.70. The van der Waals surface area contributed by atoms with Crippen LogP contribution in [-0.4, -0.2) is 9.78 Å². The summed E-state index contributed by atoms with van der Waals surface area (Å²) in [5.41, 5.74) is 8.47. The lowest BCUT2D eigenvalue weighted by molar-refractivity contribution is 0.881. The number of rotatable bonds is 3. The zero-order valence-electron chi connectivity index (χ0n) is 14.5. The fraction of sp³-hybridized carbons (Fsp3) is 0.0870. The van der Waals surface area contributed by atoms with E-state index >= 15 is 0 Å². The Morgan fingerprint density at radius 2 is 1.24 bits per heavy atom. The molecule has 0 aliphatic rings. The molecule has 0 amide bonds. The Labute approximate surface area is 148 Å². The fourth-order valence-corrected chi connectivity index (χ4v) is 3.19. The zero-order chi connectivity index (χ0) is 17.2. The predicted octanol–water partition coefficient (Wildman–Crippen LogP) is 5.82. The Hall–Kier alpha value is -3.13. The summed E-state index contributed by atoms with van der Waals surface area (Å²) in [7, 11) is 0. The van der Waals surface area contributed by atoms with Gasteiger partial charge >= 0.3 is 0 Å². The van der Waals surface area contributed by atoms with Crippen LogP contribution in [0.3, 0.4) is 0 Å². The van der Waals surface area contributed by atoms with Crippen LogP contribution in [0.15, 0.2) is 85.2 Å². The van der Waals surface area contributed by atoms with E-state index in [1.165, 1.54) is 27.8 Å². The molecule has 4 rings (SSSR count). The van der Waals surface area contributed by atoms with E-state index in [9.17, 15) is 0 Å². The number of aromatic nitrogens is 2. The molecule has 25 heavy (non-hydrogen) atoms. The molecule has 0 saturated heterocycles. The van der Waals surface area contributed by atoms with Crippen molar-refractivity contribution in [3.05, 3.63) is 96.3 Å². The molecule has 0 unspecified atom stereocenters. The fourth-order valence-electron chi connectivity index (χ4n) is 3.19. The summed E-state index contributed by atoms with van der Waals surface area (Å²) in [5.74, 6) is 0. The van der Waals surface area contributed by atoms with E-state index in [2.05, 4.69) is 79.7 Å². The van der Waals surface area contributed by atoms with Gasteiger partial charge in [-0.15, -0.1) is 0 Å². The normalized spacial score (nSPS) is 10.8. The molecule has 0 aliphatic heterocycles. The number of hydrogen-bond acceptors (Lipinski definition) is 1. The van der Waals surface area contributed by atoms with E-state index in [0.717, 1.165) is 11.3 Å². The summed E-state index contributed by atoms with van der Waals surface area (Å²) in [6.45, 7) is 4.28. The highest BCUT2D eigenvalue weighted by Crippen LogP contribution is 2.26. The van der Waals surface area contributed by atoms with Crippen LogP contribution in [0.5, 0.6) is 0 Å². The Morgan fingerprint density at radius 3 is 1.88 bits per heavy atom. The lowest BCUT2D eigenvalue weighted by Gasteiger charge is -2.06. The van der Waals surface area contributed by atoms with Gasteiger partial charge in [-0.05, 0) is 42.7 Å². The third kappa shape index (κ3) is 3.24. The van der Waals surface area contributed by atoms with Crippen molar-refractivity contribution in [2.45, 2.75) is 13.8 Å². The first kappa shape index (κ1) is 15.4. The molecular weight excluding hydrogens is 304 g/mol. The summed E-state index contributed by atoms with van der Waals surface area (Å²) < 4.78 is 1.91. The van der Waals surface area contributed by atoms with Gasteiger partial charge in [-0.2, -0.15) is 5.10 Å². The average Bonchev–Trinajstić information content (AvgIpc) is 3.12. The molecule has 0 N–H and O–H groups in total. The van der Waals surface area contributed by atoms with Crippen LogP contribution >= 0.6 is 0 Å². The molecule has 122 valence electrons. The average molecular weight is 324 g/mol. The van der Waals surface area contributed by atoms with Gasteiger partial charge in [0.15, 0.2) is 0 Å². The minimum atomic E-state index is 1.07. The molecule has 1 heterocycles. The van der Waals surface area contributed by atoms with Crippen molar-refractivity contribution in [1.29, 1.82) is 0 Å². The largest absolute Gasteiger partial charge is 0.240 e. The molecule has 0 atom stereocenters. The van der Waals surface area contributed by atoms with Crippen molar-refractivity contribution in [3.63, 3.8) is 0 Å². The van der Waals surface area contributed by atoms with E-state index in [-0.39, 0.29) is 0 Å². The number of benzene rings is 3. The van der Waals surface area contributed by atoms with Gasteiger partial charge in [-0.3, -0.25) is 0 Å². The number of hydrogen-bond donors (Lipinski definition) is 0. The molecule has 0 bridgehead atoms. The molecule has 0 aliphatic carbocycles. The van der Waals surface area contributed by atoms with Gasteiger partial charge < -0.3 is 0 Å². The first-order valence-electron chi connectivity index (χ1n) is 8.48. The van der Waals surface area contributed by atoms with Gasteiger partial charge in [-0.25, -0.2) is 4.68 Å². The molecule has 1 aromatic heterocycles. The lowest BCUT2D eigenvalue weighted by atomic mass is 9.99. The highest BCUT2D eigenvalue weighted by Gasteiger charge is 2.05. The maximum Gasteiger partial charge on any atom is 0.0645 e. The summed E-state index contributed by atoms with van der Waals surface area (Å²) >= 11 is 0. The van der Waals surface area contributed by atoms with Crippen molar-refractivity contribution >= 4 is 0 Å². The third-order valence-corrected chi connectivity index (χ3v) is 4.38. The smallest absolute Gasteiger partial charge is 0.0645 e. The van der Waals surface area contributed by atoms with Crippen LogP contribution in [0.4, 0.5) is 0 Å². The van der Waals surface area contributed by atoms with E-state index in [1.54, 1.807) is 0 Å². The number of para-hydroxylation sites is 1. The highest BCUT2D eigenvalue weighted by atomic mass is 15.3.